The van der Waals surface area contributed by atoms with Crippen molar-refractivity contribution in [2.45, 2.75) is 0 Å². The molecule has 4 nitrogen and oxygen atoms in total. The topological polar surface area (TPSA) is 35.6 Å². The van der Waals surface area contributed by atoms with Crippen molar-refractivity contribution < 1.29 is 0 Å². The Hall–Kier alpha value is -6.52. The van der Waals surface area contributed by atoms with E-state index in [9.17, 15) is 0 Å². The number of para-hydroxylation sites is 3. The average molecular weight is 626 g/mol. The molecule has 3 heterocycles. The van der Waals surface area contributed by atoms with Crippen LogP contribution in [0.4, 0.5) is 0 Å². The van der Waals surface area contributed by atoms with Crippen LogP contribution in [-0.4, -0.2) is 19.1 Å². The lowest BCUT2D eigenvalue weighted by molar-refractivity contribution is 1.08. The SMILES string of the molecule is [CH3-].c1ccc(-c2nc3ccccc3nc2-n2c3cccc4c5ccccc5c5cccc6c5c5c(c43)c2ccc5n6-c2ccccc2)cc1. The molecular weight excluding hydrogens is 597 g/mol. The van der Waals surface area contributed by atoms with Crippen molar-refractivity contribution in [3.63, 3.8) is 0 Å². The van der Waals surface area contributed by atoms with Crippen LogP contribution in [0.2, 0.25) is 0 Å². The summed E-state index contributed by atoms with van der Waals surface area (Å²) < 4.78 is 4.79. The van der Waals surface area contributed by atoms with Gasteiger partial charge in [-0.1, -0.05) is 109 Å². The Bertz CT molecular complexity index is 3040. The number of aromatic nitrogens is 4. The van der Waals surface area contributed by atoms with Gasteiger partial charge in [-0.2, -0.15) is 0 Å². The number of rotatable bonds is 3. The molecule has 3 aromatic heterocycles. The van der Waals surface area contributed by atoms with E-state index in [1.165, 1.54) is 54.1 Å². The molecule has 0 unspecified atom stereocenters. The van der Waals surface area contributed by atoms with E-state index in [0.717, 1.165) is 44.8 Å². The highest BCUT2D eigenvalue weighted by atomic mass is 15.1. The van der Waals surface area contributed by atoms with E-state index in [1.54, 1.807) is 0 Å². The molecule has 0 aliphatic heterocycles. The number of fused-ring (bicyclic) bond motifs is 4. The van der Waals surface area contributed by atoms with E-state index in [1.807, 2.05) is 24.3 Å². The van der Waals surface area contributed by atoms with E-state index in [4.69, 9.17) is 9.97 Å². The fraction of sp³-hybridized carbons (Fsp3) is 0. The monoisotopic (exact) mass is 625 g/mol. The predicted molar refractivity (Wildman–Crippen MR) is 206 cm³/mol. The summed E-state index contributed by atoms with van der Waals surface area (Å²) in [6.07, 6.45) is 0. The zero-order chi connectivity index (χ0) is 31.3. The van der Waals surface area contributed by atoms with Crippen LogP contribution in [0.15, 0.2) is 158 Å². The molecule has 230 valence electrons. The van der Waals surface area contributed by atoms with Crippen molar-refractivity contribution in [2.24, 2.45) is 0 Å². The van der Waals surface area contributed by atoms with Crippen molar-refractivity contribution in [2.75, 3.05) is 0 Å². The zero-order valence-electron chi connectivity index (χ0n) is 26.8. The number of hydrogen-bond acceptors (Lipinski definition) is 2. The summed E-state index contributed by atoms with van der Waals surface area (Å²) in [5.41, 5.74) is 9.43. The summed E-state index contributed by atoms with van der Waals surface area (Å²) in [6, 6.07) is 56.3. The van der Waals surface area contributed by atoms with E-state index in [0.29, 0.717) is 0 Å². The van der Waals surface area contributed by atoms with Gasteiger partial charge in [-0.05, 0) is 70.1 Å². The van der Waals surface area contributed by atoms with Crippen molar-refractivity contribution in [3.8, 4) is 22.8 Å². The molecule has 0 fully saturated rings. The Labute approximate surface area is 282 Å². The third-order valence-electron chi connectivity index (χ3n) is 10.0. The molecular formula is C45H29N4-. The standard InChI is InChI=1S/C44H26N4.CH3/c1-3-13-27(14-4-1)43-44(46-34-22-10-9-21-33(34)45-43)48-36-24-12-20-32-30-18-8-7-17-29(30)31-19-11-23-35-39(31)41-37(25-26-38(48)42(41)40(32)36)47(35)28-15-5-2-6-16-28;/h1-26H;1H3/q;-1. The minimum absolute atomic E-state index is 0. The molecule has 0 atom stereocenters. The van der Waals surface area contributed by atoms with Crippen molar-refractivity contribution >= 4 is 76.2 Å². The Morgan fingerprint density at radius 3 is 1.45 bits per heavy atom. The molecule has 11 rings (SSSR count). The molecule has 4 heteroatoms. The summed E-state index contributed by atoms with van der Waals surface area (Å²) in [7, 11) is 0. The third-order valence-corrected chi connectivity index (χ3v) is 10.0. The Kier molecular flexibility index (Phi) is 5.76. The summed E-state index contributed by atoms with van der Waals surface area (Å²) >= 11 is 0. The lowest BCUT2D eigenvalue weighted by atomic mass is 9.95. The van der Waals surface area contributed by atoms with Gasteiger partial charge in [0, 0.05) is 32.8 Å². The normalized spacial score (nSPS) is 11.9. The highest BCUT2D eigenvalue weighted by Gasteiger charge is 2.26. The maximum absolute atomic E-state index is 5.40. The smallest absolute Gasteiger partial charge is 0.165 e. The van der Waals surface area contributed by atoms with Gasteiger partial charge in [-0.25, -0.2) is 9.97 Å². The lowest BCUT2D eigenvalue weighted by Crippen LogP contribution is -2.03. The Balaban J connectivity index is 0.00000306. The van der Waals surface area contributed by atoms with Crippen molar-refractivity contribution in [3.05, 3.63) is 165 Å². The molecule has 0 saturated heterocycles. The van der Waals surface area contributed by atoms with Gasteiger partial charge in [0.25, 0.3) is 0 Å². The molecule has 0 aliphatic rings. The maximum atomic E-state index is 5.40. The van der Waals surface area contributed by atoms with Gasteiger partial charge in [0.15, 0.2) is 5.82 Å². The fourth-order valence-electron chi connectivity index (χ4n) is 8.12. The second kappa shape index (κ2) is 10.2. The van der Waals surface area contributed by atoms with Gasteiger partial charge in [-0.15, -0.1) is 0 Å². The van der Waals surface area contributed by atoms with Gasteiger partial charge in [0.05, 0.1) is 33.1 Å². The van der Waals surface area contributed by atoms with Crippen LogP contribution >= 0.6 is 0 Å². The van der Waals surface area contributed by atoms with Crippen LogP contribution in [0.25, 0.3) is 99.0 Å². The maximum Gasteiger partial charge on any atom is 0.165 e. The molecule has 0 saturated carbocycles. The molecule has 0 N–H and O–H groups in total. The average Bonchev–Trinajstić information content (AvgIpc) is 3.67. The molecule has 11 aromatic rings. The molecule has 0 amide bonds. The predicted octanol–water partition coefficient (Wildman–Crippen LogP) is 11.7. The summed E-state index contributed by atoms with van der Waals surface area (Å²) in [5, 5.41) is 9.98. The second-order valence-electron chi connectivity index (χ2n) is 12.6. The van der Waals surface area contributed by atoms with Crippen LogP contribution in [0.1, 0.15) is 0 Å². The highest BCUT2D eigenvalue weighted by molar-refractivity contribution is 6.39. The van der Waals surface area contributed by atoms with Crippen LogP contribution < -0.4 is 0 Å². The fourth-order valence-corrected chi connectivity index (χ4v) is 8.12. The van der Waals surface area contributed by atoms with Crippen LogP contribution in [0.5, 0.6) is 0 Å². The highest BCUT2D eigenvalue weighted by Crippen LogP contribution is 2.48. The zero-order valence-corrected chi connectivity index (χ0v) is 26.8. The van der Waals surface area contributed by atoms with Crippen molar-refractivity contribution in [1.29, 1.82) is 0 Å². The van der Waals surface area contributed by atoms with Gasteiger partial charge < -0.3 is 12.0 Å². The van der Waals surface area contributed by atoms with Crippen LogP contribution in [-0.2, 0) is 0 Å². The molecule has 0 radical (unpaired) electrons. The van der Waals surface area contributed by atoms with Crippen LogP contribution in [0, 0.1) is 7.43 Å². The van der Waals surface area contributed by atoms with Crippen molar-refractivity contribution in [1.82, 2.24) is 19.1 Å². The third kappa shape index (κ3) is 3.68. The summed E-state index contributed by atoms with van der Waals surface area (Å²) in [4.78, 5) is 10.7. The van der Waals surface area contributed by atoms with Crippen LogP contribution in [0.3, 0.4) is 0 Å². The number of nitrogens with zero attached hydrogens (tertiary/aromatic N) is 4. The van der Waals surface area contributed by atoms with Gasteiger partial charge in [0.1, 0.15) is 5.69 Å². The van der Waals surface area contributed by atoms with E-state index >= 15 is 0 Å². The quantitative estimate of drug-likeness (QED) is 0.183. The molecule has 0 spiro atoms. The Morgan fingerprint density at radius 1 is 0.347 bits per heavy atom. The first-order valence-electron chi connectivity index (χ1n) is 16.4. The minimum atomic E-state index is 0. The summed E-state index contributed by atoms with van der Waals surface area (Å²) in [6.45, 7) is 0. The lowest BCUT2D eigenvalue weighted by Gasteiger charge is -2.14. The molecule has 0 aliphatic carbocycles. The first kappa shape index (κ1) is 27.6. The minimum Gasteiger partial charge on any atom is -0.358 e. The van der Waals surface area contributed by atoms with E-state index in [-0.39, 0.29) is 7.43 Å². The molecule has 49 heavy (non-hydrogen) atoms. The molecule has 0 bridgehead atoms. The van der Waals surface area contributed by atoms with E-state index < -0.39 is 0 Å². The first-order chi connectivity index (χ1) is 23.8. The number of hydrogen-bond donors (Lipinski definition) is 0. The first-order valence-corrected chi connectivity index (χ1v) is 16.4. The van der Waals surface area contributed by atoms with E-state index in [2.05, 4.69) is 143 Å². The molecule has 8 aromatic carbocycles. The number of benzene rings is 7. The Morgan fingerprint density at radius 2 is 0.816 bits per heavy atom. The van der Waals surface area contributed by atoms with Gasteiger partial charge in [0.2, 0.25) is 0 Å². The second-order valence-corrected chi connectivity index (χ2v) is 12.6. The largest absolute Gasteiger partial charge is 0.358 e. The van der Waals surface area contributed by atoms with Gasteiger partial charge in [-0.3, -0.25) is 4.57 Å². The van der Waals surface area contributed by atoms with Gasteiger partial charge >= 0.3 is 0 Å². The summed E-state index contributed by atoms with van der Waals surface area (Å²) in [5.74, 6) is 0.830.